The molecule has 1 aliphatic rings. The van der Waals surface area contributed by atoms with Gasteiger partial charge in [0.05, 0.1) is 17.3 Å². The van der Waals surface area contributed by atoms with E-state index in [1.165, 1.54) is 12.8 Å². The zero-order chi connectivity index (χ0) is 24.4. The van der Waals surface area contributed by atoms with E-state index in [-0.39, 0.29) is 5.91 Å². The molecule has 182 valence electrons. The van der Waals surface area contributed by atoms with E-state index in [2.05, 4.69) is 41.0 Å². The summed E-state index contributed by atoms with van der Waals surface area (Å²) >= 11 is 0. The standard InChI is InChI=1S/C24H30N10O/c1-16-6-7-17(23(35)25-8-11-34-9-4-5-10-34)12-20(16)29-21-19-14-26-24(30-22(19)33(3)31-21)28-18-13-27-32(2)15-18/h6-7,12-15H,4-5,8-11H2,1-3H3,(H,25,35)(H,29,31)(H,26,28,30). The van der Waals surface area contributed by atoms with E-state index in [0.29, 0.717) is 29.5 Å². The van der Waals surface area contributed by atoms with Crippen molar-refractivity contribution in [1.82, 2.24) is 39.7 Å². The molecule has 1 fully saturated rings. The van der Waals surface area contributed by atoms with Gasteiger partial charge in [-0.2, -0.15) is 15.2 Å². The van der Waals surface area contributed by atoms with E-state index in [0.717, 1.165) is 42.0 Å². The molecule has 3 N–H and O–H groups in total. The number of benzene rings is 1. The second-order valence-corrected chi connectivity index (χ2v) is 8.89. The topological polar surface area (TPSA) is 118 Å². The van der Waals surface area contributed by atoms with Crippen LogP contribution in [0.1, 0.15) is 28.8 Å². The molecule has 0 atom stereocenters. The van der Waals surface area contributed by atoms with Gasteiger partial charge in [-0.25, -0.2) is 9.67 Å². The second kappa shape index (κ2) is 9.71. The van der Waals surface area contributed by atoms with E-state index in [1.807, 2.05) is 45.4 Å². The molecule has 1 amide bonds. The predicted octanol–water partition coefficient (Wildman–Crippen LogP) is 2.72. The van der Waals surface area contributed by atoms with Crippen molar-refractivity contribution in [3.05, 3.63) is 47.9 Å². The summed E-state index contributed by atoms with van der Waals surface area (Å²) < 4.78 is 3.41. The van der Waals surface area contributed by atoms with Crippen LogP contribution in [0, 0.1) is 6.92 Å². The van der Waals surface area contributed by atoms with Gasteiger partial charge in [0.15, 0.2) is 11.5 Å². The first-order valence-corrected chi connectivity index (χ1v) is 11.8. The zero-order valence-electron chi connectivity index (χ0n) is 20.2. The summed E-state index contributed by atoms with van der Waals surface area (Å²) in [5.41, 5.74) is 3.92. The minimum Gasteiger partial charge on any atom is -0.351 e. The van der Waals surface area contributed by atoms with Gasteiger partial charge in [0.2, 0.25) is 5.95 Å². The van der Waals surface area contributed by atoms with Gasteiger partial charge < -0.3 is 20.9 Å². The van der Waals surface area contributed by atoms with Gasteiger partial charge in [0, 0.05) is 50.8 Å². The smallest absolute Gasteiger partial charge is 0.251 e. The molecule has 4 heterocycles. The fourth-order valence-corrected chi connectivity index (χ4v) is 4.27. The van der Waals surface area contributed by atoms with E-state index >= 15 is 0 Å². The van der Waals surface area contributed by atoms with Crippen molar-refractivity contribution in [2.45, 2.75) is 19.8 Å². The Morgan fingerprint density at radius 3 is 2.71 bits per heavy atom. The highest BCUT2D eigenvalue weighted by Gasteiger charge is 2.15. The Kier molecular flexibility index (Phi) is 6.32. The second-order valence-electron chi connectivity index (χ2n) is 8.89. The van der Waals surface area contributed by atoms with Crippen LogP contribution in [0.25, 0.3) is 11.0 Å². The number of hydrogen-bond donors (Lipinski definition) is 3. The number of amides is 1. The van der Waals surface area contributed by atoms with Crippen molar-refractivity contribution < 1.29 is 4.79 Å². The lowest BCUT2D eigenvalue weighted by Crippen LogP contribution is -2.33. The Morgan fingerprint density at radius 1 is 1.11 bits per heavy atom. The molecule has 11 heteroatoms. The molecule has 0 spiro atoms. The molecule has 0 unspecified atom stereocenters. The van der Waals surface area contributed by atoms with Crippen LogP contribution < -0.4 is 16.0 Å². The van der Waals surface area contributed by atoms with Gasteiger partial charge in [0.1, 0.15) is 0 Å². The maximum Gasteiger partial charge on any atom is 0.251 e. The summed E-state index contributed by atoms with van der Waals surface area (Å²) in [7, 11) is 3.69. The minimum absolute atomic E-state index is 0.0763. The third-order valence-corrected chi connectivity index (χ3v) is 6.21. The lowest BCUT2D eigenvalue weighted by atomic mass is 10.1. The molecule has 4 aromatic rings. The van der Waals surface area contributed by atoms with Crippen molar-refractivity contribution in [2.75, 3.05) is 36.8 Å². The molecule has 11 nitrogen and oxygen atoms in total. The first-order valence-electron chi connectivity index (χ1n) is 11.8. The lowest BCUT2D eigenvalue weighted by molar-refractivity contribution is 0.0950. The molecule has 1 aromatic carbocycles. The highest BCUT2D eigenvalue weighted by atomic mass is 16.1. The van der Waals surface area contributed by atoms with E-state index < -0.39 is 0 Å². The van der Waals surface area contributed by atoms with Gasteiger partial charge in [-0.15, -0.1) is 0 Å². The Morgan fingerprint density at radius 2 is 1.94 bits per heavy atom. The SMILES string of the molecule is Cc1ccc(C(=O)NCCN2CCCC2)cc1Nc1nn(C)c2nc(Nc3cnn(C)c3)ncc12. The van der Waals surface area contributed by atoms with Crippen LogP contribution >= 0.6 is 0 Å². The Balaban J connectivity index is 1.31. The molecule has 1 aliphatic heterocycles. The summed E-state index contributed by atoms with van der Waals surface area (Å²) in [6.45, 7) is 5.77. The number of aryl methyl sites for hydroxylation is 3. The Labute approximate surface area is 203 Å². The number of nitrogens with one attached hydrogen (secondary N) is 3. The average Bonchev–Trinajstić information content (AvgIpc) is 3.57. The fraction of sp³-hybridized carbons (Fsp3) is 0.375. The molecule has 0 radical (unpaired) electrons. The third-order valence-electron chi connectivity index (χ3n) is 6.21. The van der Waals surface area contributed by atoms with Crippen molar-refractivity contribution >= 4 is 40.1 Å². The number of carbonyl (C=O) groups is 1. The van der Waals surface area contributed by atoms with Crippen molar-refractivity contribution in [3.63, 3.8) is 0 Å². The quantitative estimate of drug-likeness (QED) is 0.357. The molecule has 0 saturated carbocycles. The lowest BCUT2D eigenvalue weighted by Gasteiger charge is -2.15. The molecule has 0 aliphatic carbocycles. The number of fused-ring (bicyclic) bond motifs is 1. The van der Waals surface area contributed by atoms with Crippen molar-refractivity contribution in [1.29, 1.82) is 0 Å². The molecule has 3 aromatic heterocycles. The van der Waals surface area contributed by atoms with Crippen molar-refractivity contribution in [3.8, 4) is 0 Å². The van der Waals surface area contributed by atoms with Crippen LogP contribution in [0.4, 0.5) is 23.1 Å². The van der Waals surface area contributed by atoms with Crippen LogP contribution in [0.3, 0.4) is 0 Å². The highest BCUT2D eigenvalue weighted by molar-refractivity contribution is 5.96. The van der Waals surface area contributed by atoms with Crippen LogP contribution in [-0.4, -0.2) is 66.5 Å². The van der Waals surface area contributed by atoms with E-state index in [4.69, 9.17) is 0 Å². The Hall–Kier alpha value is -3.99. The first kappa shape index (κ1) is 22.8. The third kappa shape index (κ3) is 5.09. The number of aromatic nitrogens is 6. The summed E-state index contributed by atoms with van der Waals surface area (Å²) in [5.74, 6) is 1.02. The molecular weight excluding hydrogens is 444 g/mol. The minimum atomic E-state index is -0.0763. The number of rotatable bonds is 8. The molecule has 35 heavy (non-hydrogen) atoms. The largest absolute Gasteiger partial charge is 0.351 e. The maximum absolute atomic E-state index is 12.7. The van der Waals surface area contributed by atoms with Gasteiger partial charge in [-0.3, -0.25) is 9.48 Å². The van der Waals surface area contributed by atoms with Crippen LogP contribution in [-0.2, 0) is 14.1 Å². The summed E-state index contributed by atoms with van der Waals surface area (Å²) in [5, 5.41) is 19.1. The Bertz CT molecular complexity index is 1350. The summed E-state index contributed by atoms with van der Waals surface area (Å²) in [6, 6.07) is 5.65. The molecule has 0 bridgehead atoms. The zero-order valence-corrected chi connectivity index (χ0v) is 20.2. The summed E-state index contributed by atoms with van der Waals surface area (Å²) in [6.07, 6.45) is 7.79. The molecular formula is C24H30N10O. The highest BCUT2D eigenvalue weighted by Crippen LogP contribution is 2.27. The average molecular weight is 475 g/mol. The normalized spacial score (nSPS) is 13.9. The van der Waals surface area contributed by atoms with Gasteiger partial charge >= 0.3 is 0 Å². The number of nitrogens with zero attached hydrogens (tertiary/aromatic N) is 7. The molecule has 5 rings (SSSR count). The van der Waals surface area contributed by atoms with Crippen LogP contribution in [0.5, 0.6) is 0 Å². The maximum atomic E-state index is 12.7. The van der Waals surface area contributed by atoms with Crippen LogP contribution in [0.2, 0.25) is 0 Å². The van der Waals surface area contributed by atoms with E-state index in [9.17, 15) is 4.79 Å². The fourth-order valence-electron chi connectivity index (χ4n) is 4.27. The van der Waals surface area contributed by atoms with Crippen LogP contribution in [0.15, 0.2) is 36.8 Å². The number of hydrogen-bond acceptors (Lipinski definition) is 8. The van der Waals surface area contributed by atoms with Gasteiger partial charge in [-0.05, 0) is 50.6 Å². The number of carbonyl (C=O) groups excluding carboxylic acids is 1. The number of likely N-dealkylation sites (tertiary alicyclic amines) is 1. The first-order chi connectivity index (χ1) is 17.0. The van der Waals surface area contributed by atoms with Gasteiger partial charge in [0.25, 0.3) is 5.91 Å². The van der Waals surface area contributed by atoms with Crippen molar-refractivity contribution in [2.24, 2.45) is 14.1 Å². The number of anilines is 4. The van der Waals surface area contributed by atoms with E-state index in [1.54, 1.807) is 21.8 Å². The summed E-state index contributed by atoms with van der Waals surface area (Å²) in [4.78, 5) is 24.2. The predicted molar refractivity (Wildman–Crippen MR) is 135 cm³/mol. The monoisotopic (exact) mass is 474 g/mol. The van der Waals surface area contributed by atoms with Gasteiger partial charge in [-0.1, -0.05) is 6.07 Å². The molecule has 1 saturated heterocycles.